The minimum atomic E-state index is -0.933. The Kier molecular flexibility index (Phi) is 34.5. The zero-order chi connectivity index (χ0) is 33.3. The van der Waals surface area contributed by atoms with Crippen LogP contribution in [0.1, 0.15) is 174 Å². The molecule has 44 heavy (non-hydrogen) atoms. The Balaban J connectivity index is 0. The standard InChI is InChI=1S/C29H57NO4.C6H14N2O2/c1-3-5-7-9-11-13-15-17-19-21-25-30(27(29(33)34)23-24-28(31)32)26-22-20-18-16-14-12-10-8-6-4-2;7-4-2-1-3-5(8)6(9)10/h27H,3-26H2,1-2H3,(H,31,32)(H,33,34);5H,1-4,7-8H2,(H,9,10). The molecule has 0 rings (SSSR count). The largest absolute Gasteiger partial charge is 0.481 e. The Hall–Kier alpha value is -1.71. The first-order chi connectivity index (χ1) is 21.2. The summed E-state index contributed by atoms with van der Waals surface area (Å²) in [4.78, 5) is 35.1. The van der Waals surface area contributed by atoms with Gasteiger partial charge in [0.25, 0.3) is 0 Å². The molecule has 2 unspecified atom stereocenters. The van der Waals surface area contributed by atoms with Crippen molar-refractivity contribution >= 4 is 17.9 Å². The van der Waals surface area contributed by atoms with E-state index >= 15 is 0 Å². The van der Waals surface area contributed by atoms with Crippen LogP contribution in [0.15, 0.2) is 0 Å². The van der Waals surface area contributed by atoms with Crippen LogP contribution in [0.25, 0.3) is 0 Å². The number of aliphatic carboxylic acids is 3. The van der Waals surface area contributed by atoms with E-state index < -0.39 is 30.0 Å². The highest BCUT2D eigenvalue weighted by atomic mass is 16.4. The van der Waals surface area contributed by atoms with Gasteiger partial charge in [-0.1, -0.05) is 136 Å². The summed E-state index contributed by atoms with van der Waals surface area (Å²) in [5, 5.41) is 27.1. The van der Waals surface area contributed by atoms with Crippen LogP contribution in [-0.2, 0) is 14.4 Å². The molecule has 0 saturated carbocycles. The van der Waals surface area contributed by atoms with Crippen LogP contribution in [-0.4, -0.2) is 69.8 Å². The summed E-state index contributed by atoms with van der Waals surface area (Å²) < 4.78 is 0. The zero-order valence-corrected chi connectivity index (χ0v) is 28.6. The average molecular weight is 630 g/mol. The second-order valence-electron chi connectivity index (χ2n) is 12.4. The van der Waals surface area contributed by atoms with Crippen molar-refractivity contribution in [1.29, 1.82) is 0 Å². The van der Waals surface area contributed by atoms with Crippen molar-refractivity contribution in [3.8, 4) is 0 Å². The van der Waals surface area contributed by atoms with Gasteiger partial charge in [-0.15, -0.1) is 0 Å². The third-order valence-corrected chi connectivity index (χ3v) is 8.24. The summed E-state index contributed by atoms with van der Waals surface area (Å²) in [6, 6.07) is -1.39. The van der Waals surface area contributed by atoms with Crippen molar-refractivity contribution in [2.75, 3.05) is 19.6 Å². The molecule has 0 aromatic rings. The molecule has 0 aliphatic heterocycles. The molecule has 0 saturated heterocycles. The molecule has 9 heteroatoms. The lowest BCUT2D eigenvalue weighted by atomic mass is 10.0. The Morgan fingerprint density at radius 3 is 1.25 bits per heavy atom. The van der Waals surface area contributed by atoms with E-state index in [9.17, 15) is 19.5 Å². The number of hydrogen-bond donors (Lipinski definition) is 5. The molecule has 0 amide bonds. The molecular weight excluding hydrogens is 558 g/mol. The number of carbonyl (C=O) groups is 3. The van der Waals surface area contributed by atoms with Crippen molar-refractivity contribution in [2.24, 2.45) is 11.5 Å². The molecule has 262 valence electrons. The highest BCUT2D eigenvalue weighted by Crippen LogP contribution is 2.16. The molecule has 0 aliphatic rings. The minimum Gasteiger partial charge on any atom is -0.481 e. The molecule has 0 aromatic carbocycles. The van der Waals surface area contributed by atoms with Crippen molar-refractivity contribution in [2.45, 2.75) is 186 Å². The van der Waals surface area contributed by atoms with Gasteiger partial charge in [0.1, 0.15) is 12.1 Å². The van der Waals surface area contributed by atoms with Crippen molar-refractivity contribution in [3.05, 3.63) is 0 Å². The van der Waals surface area contributed by atoms with Crippen LogP contribution in [0, 0.1) is 0 Å². The first-order valence-corrected chi connectivity index (χ1v) is 18.1. The Labute approximate surface area is 269 Å². The van der Waals surface area contributed by atoms with Gasteiger partial charge in [0.2, 0.25) is 0 Å². The molecule has 0 fully saturated rings. The Bertz CT molecular complexity index is 640. The zero-order valence-electron chi connectivity index (χ0n) is 28.6. The van der Waals surface area contributed by atoms with Gasteiger partial charge < -0.3 is 26.8 Å². The third-order valence-electron chi connectivity index (χ3n) is 8.24. The third kappa shape index (κ3) is 31.7. The smallest absolute Gasteiger partial charge is 0.320 e. The highest BCUT2D eigenvalue weighted by Gasteiger charge is 2.25. The molecule has 9 nitrogen and oxygen atoms in total. The number of carboxylic acid groups (broad SMARTS) is 3. The number of unbranched alkanes of at least 4 members (excludes halogenated alkanes) is 19. The predicted octanol–water partition coefficient (Wildman–Crippen LogP) is 7.98. The van der Waals surface area contributed by atoms with Crippen LogP contribution in [0.4, 0.5) is 0 Å². The predicted molar refractivity (Wildman–Crippen MR) is 182 cm³/mol. The van der Waals surface area contributed by atoms with E-state index in [-0.39, 0.29) is 12.8 Å². The van der Waals surface area contributed by atoms with E-state index in [1.165, 1.54) is 103 Å². The Morgan fingerprint density at radius 1 is 0.545 bits per heavy atom. The fourth-order valence-electron chi connectivity index (χ4n) is 5.38. The van der Waals surface area contributed by atoms with Gasteiger partial charge >= 0.3 is 17.9 Å². The first-order valence-electron chi connectivity index (χ1n) is 18.1. The van der Waals surface area contributed by atoms with Gasteiger partial charge in [-0.05, 0) is 51.7 Å². The lowest BCUT2D eigenvalue weighted by molar-refractivity contribution is -0.144. The molecule has 0 aliphatic carbocycles. The maximum absolute atomic E-state index is 11.9. The van der Waals surface area contributed by atoms with Gasteiger partial charge in [-0.3, -0.25) is 19.3 Å². The number of carboxylic acids is 3. The maximum Gasteiger partial charge on any atom is 0.320 e. The molecular formula is C35H71N3O6. The summed E-state index contributed by atoms with van der Waals surface area (Å²) in [6.07, 6.45) is 27.5. The highest BCUT2D eigenvalue weighted by molar-refractivity contribution is 5.75. The maximum atomic E-state index is 11.9. The molecule has 0 heterocycles. The first kappa shape index (κ1) is 44.4. The Morgan fingerprint density at radius 2 is 0.932 bits per heavy atom. The van der Waals surface area contributed by atoms with Crippen LogP contribution in [0.3, 0.4) is 0 Å². The normalized spacial score (nSPS) is 12.5. The SMILES string of the molecule is CCCCCCCCCCCCN(CCCCCCCCCCCC)C(CCC(=O)O)C(=O)O.NCCCCC(N)C(=O)O. The number of hydrogen-bond acceptors (Lipinski definition) is 6. The van der Waals surface area contributed by atoms with E-state index in [0.29, 0.717) is 13.0 Å². The topological polar surface area (TPSA) is 167 Å². The second kappa shape index (κ2) is 34.2. The van der Waals surface area contributed by atoms with Gasteiger partial charge in [-0.2, -0.15) is 0 Å². The van der Waals surface area contributed by atoms with E-state index in [2.05, 4.69) is 18.7 Å². The molecule has 0 spiro atoms. The van der Waals surface area contributed by atoms with Gasteiger partial charge in [0, 0.05) is 6.42 Å². The summed E-state index contributed by atoms with van der Waals surface area (Å²) >= 11 is 0. The lowest BCUT2D eigenvalue weighted by Gasteiger charge is -2.28. The van der Waals surface area contributed by atoms with E-state index in [1.807, 2.05) is 0 Å². The quantitative estimate of drug-likeness (QED) is 0.0463. The van der Waals surface area contributed by atoms with Gasteiger partial charge in [0.05, 0.1) is 0 Å². The van der Waals surface area contributed by atoms with Gasteiger partial charge in [0.15, 0.2) is 0 Å². The monoisotopic (exact) mass is 630 g/mol. The van der Waals surface area contributed by atoms with E-state index in [1.54, 1.807) is 0 Å². The van der Waals surface area contributed by atoms with Crippen molar-refractivity contribution in [1.82, 2.24) is 4.90 Å². The second-order valence-corrected chi connectivity index (χ2v) is 12.4. The van der Waals surface area contributed by atoms with E-state index in [4.69, 9.17) is 21.7 Å². The summed E-state index contributed by atoms with van der Waals surface area (Å²) in [6.45, 7) is 6.63. The fourth-order valence-corrected chi connectivity index (χ4v) is 5.38. The average Bonchev–Trinajstić information content (AvgIpc) is 2.98. The molecule has 7 N–H and O–H groups in total. The molecule has 2 atom stereocenters. The van der Waals surface area contributed by atoms with Crippen molar-refractivity contribution < 1.29 is 29.7 Å². The number of nitrogens with zero attached hydrogens (tertiary/aromatic N) is 1. The van der Waals surface area contributed by atoms with Gasteiger partial charge in [-0.25, -0.2) is 0 Å². The van der Waals surface area contributed by atoms with E-state index in [0.717, 1.165) is 51.6 Å². The molecule has 0 aromatic heterocycles. The van der Waals surface area contributed by atoms with Crippen LogP contribution in [0.5, 0.6) is 0 Å². The van der Waals surface area contributed by atoms with Crippen LogP contribution in [0.2, 0.25) is 0 Å². The van der Waals surface area contributed by atoms with Crippen LogP contribution < -0.4 is 11.5 Å². The number of nitrogens with two attached hydrogens (primary N) is 2. The summed E-state index contributed by atoms with van der Waals surface area (Å²) in [5.41, 5.74) is 10.4. The van der Waals surface area contributed by atoms with Crippen LogP contribution >= 0.6 is 0 Å². The van der Waals surface area contributed by atoms with Crippen molar-refractivity contribution in [3.63, 3.8) is 0 Å². The lowest BCUT2D eigenvalue weighted by Crippen LogP contribution is -2.42. The summed E-state index contributed by atoms with van der Waals surface area (Å²) in [7, 11) is 0. The number of rotatable bonds is 32. The molecule has 0 bridgehead atoms. The molecule has 0 radical (unpaired) electrons. The fraction of sp³-hybridized carbons (Fsp3) is 0.914. The minimum absolute atomic E-state index is 0.0798. The summed E-state index contributed by atoms with van der Waals surface area (Å²) in [5.74, 6) is -2.72.